The van der Waals surface area contributed by atoms with Crippen LogP contribution in [0.2, 0.25) is 0 Å². The Hall–Kier alpha value is -3.32. The maximum absolute atomic E-state index is 11.3. The van der Waals surface area contributed by atoms with Gasteiger partial charge in [-0.05, 0) is 35.2 Å². The average Bonchev–Trinajstić information content (AvgIpc) is 2.59. The van der Waals surface area contributed by atoms with Gasteiger partial charge in [0.2, 0.25) is 0 Å². The van der Waals surface area contributed by atoms with E-state index in [-0.39, 0.29) is 5.56 Å². The first-order chi connectivity index (χ1) is 11.2. The molecule has 0 spiro atoms. The molecule has 0 aliphatic rings. The molecule has 0 amide bonds. The molecular weight excluding hydrogens is 290 g/mol. The Bertz CT molecular complexity index is 911. The second kappa shape index (κ2) is 6.20. The fourth-order valence-corrected chi connectivity index (χ4v) is 2.37. The van der Waals surface area contributed by atoms with Crippen LogP contribution in [0.4, 0.5) is 0 Å². The molecule has 3 aromatic carbocycles. The number of nitriles is 1. The monoisotopic (exact) mass is 303 g/mol. The summed E-state index contributed by atoms with van der Waals surface area (Å²) < 4.78 is 5.82. The number of hydrogen-bond acceptors (Lipinski definition) is 3. The van der Waals surface area contributed by atoms with Crippen molar-refractivity contribution in [1.82, 2.24) is 0 Å². The average molecular weight is 303 g/mol. The van der Waals surface area contributed by atoms with Gasteiger partial charge in [0.25, 0.3) is 0 Å². The van der Waals surface area contributed by atoms with E-state index in [1.807, 2.05) is 30.3 Å². The van der Waals surface area contributed by atoms with Crippen LogP contribution in [0.5, 0.6) is 5.75 Å². The Balaban J connectivity index is 2.05. The molecule has 0 aliphatic carbocycles. The zero-order valence-electron chi connectivity index (χ0n) is 12.2. The predicted molar refractivity (Wildman–Crippen MR) is 86.4 cm³/mol. The molecule has 0 radical (unpaired) electrons. The number of aromatic carboxylic acids is 1. The van der Waals surface area contributed by atoms with E-state index < -0.39 is 5.97 Å². The summed E-state index contributed by atoms with van der Waals surface area (Å²) in [5.41, 5.74) is 1.65. The second-order valence-corrected chi connectivity index (χ2v) is 5.10. The maximum Gasteiger partial charge on any atom is 0.335 e. The van der Waals surface area contributed by atoms with Crippen LogP contribution < -0.4 is 4.74 Å². The third kappa shape index (κ3) is 3.14. The molecule has 0 saturated carbocycles. The Labute approximate surface area is 133 Å². The van der Waals surface area contributed by atoms with Gasteiger partial charge in [0.05, 0.1) is 17.2 Å². The van der Waals surface area contributed by atoms with E-state index in [4.69, 9.17) is 10.00 Å². The van der Waals surface area contributed by atoms with E-state index in [0.29, 0.717) is 17.9 Å². The van der Waals surface area contributed by atoms with Crippen molar-refractivity contribution >= 4 is 16.7 Å². The van der Waals surface area contributed by atoms with Crippen LogP contribution in [-0.4, -0.2) is 11.1 Å². The van der Waals surface area contributed by atoms with E-state index in [1.165, 1.54) is 6.07 Å². The van der Waals surface area contributed by atoms with Crippen LogP contribution in [0.1, 0.15) is 21.5 Å². The minimum absolute atomic E-state index is 0.158. The summed E-state index contributed by atoms with van der Waals surface area (Å²) in [6, 6.07) is 19.9. The van der Waals surface area contributed by atoms with Crippen molar-refractivity contribution in [2.24, 2.45) is 0 Å². The first-order valence-electron chi connectivity index (χ1n) is 7.05. The lowest BCUT2D eigenvalue weighted by Gasteiger charge is -2.11. The zero-order valence-corrected chi connectivity index (χ0v) is 12.2. The Morgan fingerprint density at radius 1 is 1.09 bits per heavy atom. The molecule has 1 N–H and O–H groups in total. The number of carbonyl (C=O) groups is 1. The number of rotatable bonds is 4. The first-order valence-corrected chi connectivity index (χ1v) is 7.05. The summed E-state index contributed by atoms with van der Waals surface area (Å²) in [6.45, 7) is 0.329. The lowest BCUT2D eigenvalue weighted by atomic mass is 10.0. The minimum atomic E-state index is -1.01. The molecule has 112 valence electrons. The highest BCUT2D eigenvalue weighted by Crippen LogP contribution is 2.29. The molecule has 0 atom stereocenters. The summed E-state index contributed by atoms with van der Waals surface area (Å²) in [7, 11) is 0. The van der Waals surface area contributed by atoms with Gasteiger partial charge < -0.3 is 9.84 Å². The van der Waals surface area contributed by atoms with Crippen LogP contribution in [0.15, 0.2) is 60.7 Å². The van der Waals surface area contributed by atoms with Crippen molar-refractivity contribution in [2.45, 2.75) is 6.61 Å². The molecule has 4 nitrogen and oxygen atoms in total. The summed E-state index contributed by atoms with van der Waals surface area (Å²) in [4.78, 5) is 11.3. The van der Waals surface area contributed by atoms with Crippen LogP contribution >= 0.6 is 0 Å². The van der Waals surface area contributed by atoms with Crippen molar-refractivity contribution in [1.29, 1.82) is 5.26 Å². The topological polar surface area (TPSA) is 70.3 Å². The van der Waals surface area contributed by atoms with Crippen LogP contribution in [-0.2, 0) is 6.61 Å². The smallest absolute Gasteiger partial charge is 0.335 e. The number of carboxylic acid groups (broad SMARTS) is 1. The van der Waals surface area contributed by atoms with Gasteiger partial charge in [-0.3, -0.25) is 0 Å². The lowest BCUT2D eigenvalue weighted by molar-refractivity contribution is 0.0696. The van der Waals surface area contributed by atoms with Gasteiger partial charge in [-0.15, -0.1) is 0 Å². The zero-order chi connectivity index (χ0) is 16.2. The molecule has 0 saturated heterocycles. The van der Waals surface area contributed by atoms with Crippen molar-refractivity contribution in [3.05, 3.63) is 77.4 Å². The van der Waals surface area contributed by atoms with E-state index in [0.717, 1.165) is 16.3 Å². The van der Waals surface area contributed by atoms with Gasteiger partial charge in [-0.1, -0.05) is 36.4 Å². The van der Waals surface area contributed by atoms with Crippen molar-refractivity contribution in [3.8, 4) is 11.8 Å². The molecule has 23 heavy (non-hydrogen) atoms. The standard InChI is InChI=1S/C19H13NO3/c20-11-14-6-7-15-9-16(19(21)22)10-18(17(15)8-14)23-12-13-4-2-1-3-5-13/h1-10H,12H2,(H,21,22). The number of carboxylic acids is 1. The highest BCUT2D eigenvalue weighted by atomic mass is 16.5. The van der Waals surface area contributed by atoms with E-state index in [1.54, 1.807) is 24.3 Å². The van der Waals surface area contributed by atoms with Gasteiger partial charge in [0.1, 0.15) is 12.4 Å². The molecule has 0 heterocycles. The normalized spacial score (nSPS) is 10.2. The van der Waals surface area contributed by atoms with E-state index in [9.17, 15) is 9.90 Å². The molecule has 0 aromatic heterocycles. The largest absolute Gasteiger partial charge is 0.488 e. The molecule has 4 heteroatoms. The van der Waals surface area contributed by atoms with Gasteiger partial charge in [-0.25, -0.2) is 4.79 Å². The number of hydrogen-bond donors (Lipinski definition) is 1. The van der Waals surface area contributed by atoms with E-state index in [2.05, 4.69) is 6.07 Å². The molecule has 0 unspecified atom stereocenters. The molecular formula is C19H13NO3. The lowest BCUT2D eigenvalue weighted by Crippen LogP contribution is -2.00. The highest BCUT2D eigenvalue weighted by molar-refractivity contribution is 5.98. The minimum Gasteiger partial charge on any atom is -0.488 e. The summed E-state index contributed by atoms with van der Waals surface area (Å²) in [6.07, 6.45) is 0. The number of benzene rings is 3. The van der Waals surface area contributed by atoms with E-state index >= 15 is 0 Å². The quantitative estimate of drug-likeness (QED) is 0.791. The first kappa shape index (κ1) is 14.6. The SMILES string of the molecule is N#Cc1ccc2cc(C(=O)O)cc(OCc3ccccc3)c2c1. The maximum atomic E-state index is 11.3. The predicted octanol–water partition coefficient (Wildman–Crippen LogP) is 3.99. The van der Waals surface area contributed by atoms with Crippen LogP contribution in [0, 0.1) is 11.3 Å². The van der Waals surface area contributed by atoms with Gasteiger partial charge in [-0.2, -0.15) is 5.26 Å². The molecule has 0 aliphatic heterocycles. The van der Waals surface area contributed by atoms with Gasteiger partial charge in [0, 0.05) is 5.39 Å². The Morgan fingerprint density at radius 2 is 1.87 bits per heavy atom. The summed E-state index contributed by atoms with van der Waals surface area (Å²) in [5, 5.41) is 19.8. The molecule has 0 fully saturated rings. The van der Waals surface area contributed by atoms with Crippen molar-refractivity contribution in [3.63, 3.8) is 0 Å². The van der Waals surface area contributed by atoms with Crippen LogP contribution in [0.3, 0.4) is 0 Å². The third-order valence-corrected chi connectivity index (χ3v) is 3.53. The highest BCUT2D eigenvalue weighted by Gasteiger charge is 2.11. The van der Waals surface area contributed by atoms with Gasteiger partial charge >= 0.3 is 5.97 Å². The summed E-state index contributed by atoms with van der Waals surface area (Å²) in [5.74, 6) is -0.554. The fraction of sp³-hybridized carbons (Fsp3) is 0.0526. The fourth-order valence-electron chi connectivity index (χ4n) is 2.37. The number of nitrogens with zero attached hydrogens (tertiary/aromatic N) is 1. The molecule has 3 rings (SSSR count). The number of fused-ring (bicyclic) bond motifs is 1. The summed E-state index contributed by atoms with van der Waals surface area (Å²) >= 11 is 0. The van der Waals surface area contributed by atoms with Gasteiger partial charge in [0.15, 0.2) is 0 Å². The second-order valence-electron chi connectivity index (χ2n) is 5.10. The number of ether oxygens (including phenoxy) is 1. The third-order valence-electron chi connectivity index (χ3n) is 3.53. The molecule has 3 aromatic rings. The van der Waals surface area contributed by atoms with Crippen molar-refractivity contribution < 1.29 is 14.6 Å². The Morgan fingerprint density at radius 3 is 2.57 bits per heavy atom. The van der Waals surface area contributed by atoms with Crippen molar-refractivity contribution in [2.75, 3.05) is 0 Å². The molecule has 0 bridgehead atoms. The Kier molecular flexibility index (Phi) is 3.94. The van der Waals surface area contributed by atoms with Crippen LogP contribution in [0.25, 0.3) is 10.8 Å².